The minimum atomic E-state index is -1.11. The normalized spacial score (nSPS) is 46.9. The van der Waals surface area contributed by atoms with E-state index in [4.69, 9.17) is 14.2 Å². The second-order valence-corrected chi connectivity index (χ2v) is 10.8. The van der Waals surface area contributed by atoms with Crippen LogP contribution in [0.15, 0.2) is 12.2 Å². The first kappa shape index (κ1) is 20.9. The zero-order valence-corrected chi connectivity index (χ0v) is 18.6. The van der Waals surface area contributed by atoms with Gasteiger partial charge < -0.3 is 14.2 Å². The Morgan fingerprint density at radius 3 is 2.35 bits per heavy atom. The highest BCUT2D eigenvalue weighted by molar-refractivity contribution is 5.99. The molecule has 0 aromatic carbocycles. The molecule has 0 aromatic rings. The molecule has 0 unspecified atom stereocenters. The predicted octanol–water partition coefficient (Wildman–Crippen LogP) is 2.41. The Hall–Kier alpha value is -2.02. The Morgan fingerprint density at radius 2 is 1.74 bits per heavy atom. The van der Waals surface area contributed by atoms with Gasteiger partial charge in [-0.3, -0.25) is 19.2 Å². The summed E-state index contributed by atoms with van der Waals surface area (Å²) < 4.78 is 17.7. The molecule has 0 aromatic heterocycles. The second-order valence-electron chi connectivity index (χ2n) is 10.8. The fourth-order valence-electron chi connectivity index (χ4n) is 8.12. The Morgan fingerprint density at radius 1 is 1.06 bits per heavy atom. The highest BCUT2D eigenvalue weighted by atomic mass is 16.6. The topological polar surface area (TPSA) is 96.0 Å². The highest BCUT2D eigenvalue weighted by Crippen LogP contribution is 2.72. The molecule has 7 nitrogen and oxygen atoms in total. The molecule has 2 aliphatic heterocycles. The lowest BCUT2D eigenvalue weighted by Gasteiger charge is -2.68. The van der Waals surface area contributed by atoms with Gasteiger partial charge in [-0.1, -0.05) is 20.4 Å². The number of carbonyl (C=O) groups excluding carboxylic acids is 4. The van der Waals surface area contributed by atoms with Crippen LogP contribution >= 0.6 is 0 Å². The van der Waals surface area contributed by atoms with Crippen LogP contribution in [0.5, 0.6) is 0 Å². The van der Waals surface area contributed by atoms with Crippen LogP contribution < -0.4 is 0 Å². The third-order valence-corrected chi connectivity index (χ3v) is 9.16. The van der Waals surface area contributed by atoms with Gasteiger partial charge in [0.05, 0.1) is 23.5 Å². The maximum Gasteiger partial charge on any atom is 0.303 e. The minimum absolute atomic E-state index is 0.0411. The van der Waals surface area contributed by atoms with E-state index in [0.29, 0.717) is 19.3 Å². The molecule has 6 rings (SSSR count). The van der Waals surface area contributed by atoms with Crippen LogP contribution in [0.2, 0.25) is 0 Å². The van der Waals surface area contributed by atoms with Gasteiger partial charge in [0.15, 0.2) is 11.9 Å². The van der Waals surface area contributed by atoms with Gasteiger partial charge in [0.2, 0.25) is 0 Å². The number of rotatable bonds is 2. The van der Waals surface area contributed by atoms with Crippen molar-refractivity contribution in [3.63, 3.8) is 0 Å². The number of carbonyl (C=O) groups is 4. The van der Waals surface area contributed by atoms with Crippen molar-refractivity contribution in [2.75, 3.05) is 6.61 Å². The van der Waals surface area contributed by atoms with Crippen molar-refractivity contribution in [3.05, 3.63) is 12.2 Å². The first-order chi connectivity index (χ1) is 14.5. The molecule has 4 aliphatic carbocycles. The molecular weight excluding hydrogens is 400 g/mol. The molecule has 168 valence electrons. The summed E-state index contributed by atoms with van der Waals surface area (Å²) in [6, 6.07) is 0. The van der Waals surface area contributed by atoms with E-state index in [-0.39, 0.29) is 36.1 Å². The Kier molecular flexibility index (Phi) is 4.22. The molecule has 31 heavy (non-hydrogen) atoms. The monoisotopic (exact) mass is 430 g/mol. The minimum Gasteiger partial charge on any atom is -0.457 e. The van der Waals surface area contributed by atoms with Crippen LogP contribution in [-0.4, -0.2) is 48.4 Å². The van der Waals surface area contributed by atoms with E-state index < -0.39 is 46.3 Å². The van der Waals surface area contributed by atoms with Gasteiger partial charge in [-0.05, 0) is 42.1 Å². The molecule has 6 aliphatic rings. The van der Waals surface area contributed by atoms with Crippen molar-refractivity contribution in [2.24, 2.45) is 34.0 Å². The molecule has 2 spiro atoms. The third-order valence-electron chi connectivity index (χ3n) is 9.16. The van der Waals surface area contributed by atoms with Gasteiger partial charge in [-0.15, -0.1) is 0 Å². The first-order valence-corrected chi connectivity index (χ1v) is 11.2. The average molecular weight is 430 g/mol. The van der Waals surface area contributed by atoms with E-state index in [2.05, 4.69) is 6.58 Å². The highest BCUT2D eigenvalue weighted by Gasteiger charge is 2.80. The number of esters is 2. The molecule has 4 bridgehead atoms. The second kappa shape index (κ2) is 6.27. The molecule has 8 atom stereocenters. The Labute approximate surface area is 181 Å². The summed E-state index contributed by atoms with van der Waals surface area (Å²) in [4.78, 5) is 52.1. The van der Waals surface area contributed by atoms with Gasteiger partial charge >= 0.3 is 11.9 Å². The number of hydrogen-bond donors (Lipinski definition) is 0. The van der Waals surface area contributed by atoms with Crippen LogP contribution in [0.4, 0.5) is 0 Å². The van der Waals surface area contributed by atoms with E-state index >= 15 is 0 Å². The number of Topliss-reactive ketones (excluding diaryl/α,β-unsaturated/α-hetero) is 2. The van der Waals surface area contributed by atoms with Crippen molar-refractivity contribution in [1.29, 1.82) is 0 Å². The summed E-state index contributed by atoms with van der Waals surface area (Å²) in [5.41, 5.74) is -1.84. The van der Waals surface area contributed by atoms with Crippen LogP contribution in [-0.2, 0) is 33.4 Å². The quantitative estimate of drug-likeness (QED) is 0.490. The molecule has 2 heterocycles. The third kappa shape index (κ3) is 2.33. The number of fused-ring (bicyclic) bond motifs is 3. The molecule has 0 radical (unpaired) electrons. The lowest BCUT2D eigenvalue weighted by Crippen LogP contribution is -2.77. The number of ketones is 2. The summed E-state index contributed by atoms with van der Waals surface area (Å²) in [5.74, 6) is -1.93. The molecule has 0 N–H and O–H groups in total. The first-order valence-electron chi connectivity index (χ1n) is 11.2. The van der Waals surface area contributed by atoms with E-state index in [9.17, 15) is 19.2 Å². The van der Waals surface area contributed by atoms with E-state index in [0.717, 1.165) is 12.0 Å². The molecule has 6 fully saturated rings. The number of hydrogen-bond acceptors (Lipinski definition) is 7. The van der Waals surface area contributed by atoms with E-state index in [1.165, 1.54) is 13.8 Å². The summed E-state index contributed by atoms with van der Waals surface area (Å²) in [6.45, 7) is 11.0. The summed E-state index contributed by atoms with van der Waals surface area (Å²) in [5, 5.41) is 0. The smallest absolute Gasteiger partial charge is 0.303 e. The SMILES string of the molecule is C=C1[C@@H]2CC[C@H]3[C@]45CO[C@H](CC4=O)C(C)(C)[C@H]5[C@H](OC(C)=O)C(=O)[C@]3(C2)[C@H]1OC(C)=O. The predicted molar refractivity (Wildman–Crippen MR) is 108 cm³/mol. The summed E-state index contributed by atoms with van der Waals surface area (Å²) in [6.07, 6.45) is 0.0231. The fraction of sp³-hybridized carbons (Fsp3) is 0.750. The van der Waals surface area contributed by atoms with Crippen LogP contribution in [0, 0.1) is 34.0 Å². The standard InChI is InChI=1S/C24H30O7/c1-11-14-6-7-15-23(9-14,21(11)31-13(3)26)20(28)18(30-12(2)25)19-22(4,5)17-8-16(27)24(15,19)10-29-17/h14-15,17-19,21H,1,6-10H2,2-5H3/t14-,15-,17-,18+,19-,21+,23-,24-/m1/s1. The van der Waals surface area contributed by atoms with Crippen LogP contribution in [0.25, 0.3) is 0 Å². The Balaban J connectivity index is 1.76. The maximum absolute atomic E-state index is 14.3. The molecule has 4 saturated carbocycles. The van der Waals surface area contributed by atoms with E-state index in [1.807, 2.05) is 13.8 Å². The summed E-state index contributed by atoms with van der Waals surface area (Å²) in [7, 11) is 0. The molecular formula is C24H30O7. The summed E-state index contributed by atoms with van der Waals surface area (Å²) >= 11 is 0. The average Bonchev–Trinajstić information content (AvgIpc) is 2.88. The van der Waals surface area contributed by atoms with Gasteiger partial charge in [0.1, 0.15) is 11.9 Å². The fourth-order valence-corrected chi connectivity index (χ4v) is 8.12. The molecule has 7 heteroatoms. The number of ether oxygens (including phenoxy) is 3. The molecule has 2 saturated heterocycles. The van der Waals surface area contributed by atoms with Gasteiger partial charge in [-0.25, -0.2) is 0 Å². The van der Waals surface area contributed by atoms with Crippen LogP contribution in [0.3, 0.4) is 0 Å². The maximum atomic E-state index is 14.3. The van der Waals surface area contributed by atoms with Crippen LogP contribution in [0.1, 0.15) is 53.4 Å². The zero-order valence-electron chi connectivity index (χ0n) is 18.6. The van der Waals surface area contributed by atoms with Gasteiger partial charge in [0, 0.05) is 26.2 Å². The lowest BCUT2D eigenvalue weighted by molar-refractivity contribution is -0.277. The van der Waals surface area contributed by atoms with Gasteiger partial charge in [-0.2, -0.15) is 0 Å². The Bertz CT molecular complexity index is 919. The largest absolute Gasteiger partial charge is 0.457 e. The van der Waals surface area contributed by atoms with Crippen molar-refractivity contribution >= 4 is 23.5 Å². The van der Waals surface area contributed by atoms with Crippen molar-refractivity contribution in [3.8, 4) is 0 Å². The lowest BCUT2D eigenvalue weighted by atomic mass is 9.37. The zero-order chi connectivity index (χ0) is 22.5. The van der Waals surface area contributed by atoms with E-state index in [1.54, 1.807) is 0 Å². The van der Waals surface area contributed by atoms with Crippen molar-refractivity contribution < 1.29 is 33.4 Å². The van der Waals surface area contributed by atoms with Crippen molar-refractivity contribution in [2.45, 2.75) is 71.7 Å². The van der Waals surface area contributed by atoms with Crippen molar-refractivity contribution in [1.82, 2.24) is 0 Å². The van der Waals surface area contributed by atoms with Gasteiger partial charge in [0.25, 0.3) is 0 Å². The molecule has 0 amide bonds.